The van der Waals surface area contributed by atoms with E-state index in [0.717, 1.165) is 12.0 Å². The van der Waals surface area contributed by atoms with E-state index in [1.807, 2.05) is 6.07 Å². The van der Waals surface area contributed by atoms with Crippen LogP contribution >= 0.6 is 0 Å². The second-order valence-corrected chi connectivity index (χ2v) is 11.0. The summed E-state index contributed by atoms with van der Waals surface area (Å²) in [6, 6.07) is 42.9. The monoisotopic (exact) mass is 414 g/mol. The lowest BCUT2D eigenvalue weighted by atomic mass is 10.1. The van der Waals surface area contributed by atoms with Crippen molar-refractivity contribution >= 4 is 29.7 Å². The van der Waals surface area contributed by atoms with Gasteiger partial charge in [0.15, 0.2) is 0 Å². The van der Waals surface area contributed by atoms with Crippen molar-refractivity contribution in [2.75, 3.05) is 0 Å². The summed E-state index contributed by atoms with van der Waals surface area (Å²) in [6.07, 6.45) is 3.12. The molecule has 31 heavy (non-hydrogen) atoms. The molecule has 4 rings (SSSR count). The maximum Gasteiger partial charge on any atom is 0.230 e. The normalized spacial score (nSPS) is 11.5. The molecule has 0 aliphatic carbocycles. The summed E-state index contributed by atoms with van der Waals surface area (Å²) in [4.78, 5) is 0. The largest absolute Gasteiger partial charge is 0.230 e. The Morgan fingerprint density at radius 1 is 0.613 bits per heavy atom. The molecule has 1 heteroatoms. The molecule has 150 valence electrons. The quantitative estimate of drug-likeness (QED) is 0.239. The van der Waals surface area contributed by atoms with Crippen molar-refractivity contribution in [2.24, 2.45) is 0 Å². The molecule has 0 saturated heterocycles. The molecule has 0 spiro atoms. The van der Waals surface area contributed by atoms with E-state index < -0.39 is 8.07 Å². The molecular weight excluding hydrogens is 388 g/mol. The summed E-state index contributed by atoms with van der Waals surface area (Å²) < 4.78 is 0. The molecular formula is C30H26Si. The van der Waals surface area contributed by atoms with Gasteiger partial charge in [0.2, 0.25) is 8.07 Å². The van der Waals surface area contributed by atoms with Crippen molar-refractivity contribution in [3.8, 4) is 11.5 Å². The van der Waals surface area contributed by atoms with E-state index in [1.54, 1.807) is 0 Å². The summed E-state index contributed by atoms with van der Waals surface area (Å²) in [5.74, 6) is 3.63. The third-order valence-corrected chi connectivity index (χ3v) is 9.65. The number of allylic oxidation sites excluding steroid dienone is 1. The first-order valence-electron chi connectivity index (χ1n) is 10.8. The zero-order chi connectivity index (χ0) is 21.4. The molecule has 0 unspecified atom stereocenters. The highest BCUT2D eigenvalue weighted by Crippen LogP contribution is 2.11. The number of hydrogen-bond donors (Lipinski definition) is 0. The van der Waals surface area contributed by atoms with Gasteiger partial charge in [0.05, 0.1) is 0 Å². The summed E-state index contributed by atoms with van der Waals surface area (Å²) >= 11 is 0. The highest BCUT2D eigenvalue weighted by Gasteiger charge is 2.38. The fourth-order valence-electron chi connectivity index (χ4n) is 3.93. The number of hydrogen-bond acceptors (Lipinski definition) is 0. The second kappa shape index (κ2) is 9.94. The predicted octanol–water partition coefficient (Wildman–Crippen LogP) is 5.19. The first-order chi connectivity index (χ1) is 15.3. The minimum absolute atomic E-state index is 0.907. The molecule has 4 aromatic carbocycles. The second-order valence-electron chi connectivity index (χ2n) is 7.53. The van der Waals surface area contributed by atoms with Gasteiger partial charge in [-0.05, 0) is 33.6 Å². The Balaban J connectivity index is 1.96. The molecule has 0 bridgehead atoms. The zero-order valence-electron chi connectivity index (χ0n) is 17.8. The van der Waals surface area contributed by atoms with E-state index >= 15 is 0 Å². The average molecular weight is 415 g/mol. The van der Waals surface area contributed by atoms with Crippen molar-refractivity contribution in [1.29, 1.82) is 0 Å². The van der Waals surface area contributed by atoms with Gasteiger partial charge in [0, 0.05) is 5.57 Å². The highest BCUT2D eigenvalue weighted by molar-refractivity contribution is 7.16. The third kappa shape index (κ3) is 4.61. The van der Waals surface area contributed by atoms with Gasteiger partial charge in [-0.2, -0.15) is 0 Å². The van der Waals surface area contributed by atoms with Gasteiger partial charge < -0.3 is 0 Å². The summed E-state index contributed by atoms with van der Waals surface area (Å²) in [5.41, 5.74) is 6.23. The van der Waals surface area contributed by atoms with Gasteiger partial charge in [0.25, 0.3) is 0 Å². The topological polar surface area (TPSA) is 0 Å². The van der Waals surface area contributed by atoms with Crippen molar-refractivity contribution < 1.29 is 0 Å². The van der Waals surface area contributed by atoms with Crippen molar-refractivity contribution in [3.05, 3.63) is 132 Å². The first-order valence-corrected chi connectivity index (χ1v) is 12.8. The molecule has 0 aromatic heterocycles. The van der Waals surface area contributed by atoms with Gasteiger partial charge in [-0.1, -0.05) is 134 Å². The summed E-state index contributed by atoms with van der Waals surface area (Å²) in [6.45, 7) is 2.18. The molecule has 0 aliphatic rings. The predicted molar refractivity (Wildman–Crippen MR) is 136 cm³/mol. The maximum atomic E-state index is 3.87. The van der Waals surface area contributed by atoms with E-state index in [2.05, 4.69) is 140 Å². The lowest BCUT2D eigenvalue weighted by molar-refractivity contribution is 1.18. The lowest BCUT2D eigenvalue weighted by Crippen LogP contribution is -2.66. The molecule has 0 atom stereocenters. The van der Waals surface area contributed by atoms with Gasteiger partial charge in [-0.3, -0.25) is 0 Å². The van der Waals surface area contributed by atoms with Crippen molar-refractivity contribution in [3.63, 3.8) is 0 Å². The Morgan fingerprint density at radius 3 is 1.39 bits per heavy atom. The molecule has 4 aromatic rings. The Morgan fingerprint density at radius 2 is 1.00 bits per heavy atom. The lowest BCUT2D eigenvalue weighted by Gasteiger charge is -2.28. The molecule has 0 fully saturated rings. The van der Waals surface area contributed by atoms with Crippen LogP contribution in [-0.2, 0) is 0 Å². The fraction of sp³-hybridized carbons (Fsp3) is 0.0667. The van der Waals surface area contributed by atoms with E-state index in [9.17, 15) is 0 Å². The van der Waals surface area contributed by atoms with Crippen LogP contribution in [0.3, 0.4) is 0 Å². The SMILES string of the molecule is CC/C(C#C[Si](c1ccccc1)(c1ccccc1)c1ccccc1)=C\c1ccccc1. The van der Waals surface area contributed by atoms with Crippen LogP contribution in [0.2, 0.25) is 0 Å². The van der Waals surface area contributed by atoms with Crippen molar-refractivity contribution in [1.82, 2.24) is 0 Å². The fourth-order valence-corrected chi connectivity index (χ4v) is 7.79. The smallest absolute Gasteiger partial charge is 0.109 e. The zero-order valence-corrected chi connectivity index (χ0v) is 18.8. The number of rotatable bonds is 5. The molecule has 0 saturated carbocycles. The Kier molecular flexibility index (Phi) is 6.62. The standard InChI is InChI=1S/C30H26Si/c1-2-26(25-27-15-7-3-8-16-27)23-24-31(28-17-9-4-10-18-28,29-19-11-5-12-20-29)30-21-13-6-14-22-30/h3-22,25H,2H2,1H3/b26-25+. The molecule has 0 nitrogen and oxygen atoms in total. The van der Waals surface area contributed by atoms with Gasteiger partial charge in [-0.15, -0.1) is 5.54 Å². The molecule has 0 aliphatic heterocycles. The van der Waals surface area contributed by atoms with Gasteiger partial charge in [-0.25, -0.2) is 0 Å². The highest BCUT2D eigenvalue weighted by atomic mass is 28.3. The van der Waals surface area contributed by atoms with Crippen LogP contribution in [0.15, 0.2) is 127 Å². The molecule has 0 amide bonds. The summed E-state index contributed by atoms with van der Waals surface area (Å²) in [5, 5.41) is 3.94. The van der Waals surface area contributed by atoms with Crippen molar-refractivity contribution in [2.45, 2.75) is 13.3 Å². The van der Waals surface area contributed by atoms with E-state index in [4.69, 9.17) is 0 Å². The molecule has 0 heterocycles. The number of benzene rings is 4. The van der Waals surface area contributed by atoms with E-state index in [-0.39, 0.29) is 0 Å². The minimum Gasteiger partial charge on any atom is -0.109 e. The van der Waals surface area contributed by atoms with Crippen LogP contribution in [0, 0.1) is 11.5 Å². The van der Waals surface area contributed by atoms with Crippen LogP contribution in [0.25, 0.3) is 6.08 Å². The maximum absolute atomic E-state index is 3.87. The third-order valence-electron chi connectivity index (χ3n) is 5.55. The Bertz CT molecular complexity index is 1090. The van der Waals surface area contributed by atoms with Crippen LogP contribution in [-0.4, -0.2) is 8.07 Å². The first kappa shape index (κ1) is 20.7. The average Bonchev–Trinajstić information content (AvgIpc) is 2.86. The Hall–Kier alpha value is -3.60. The van der Waals surface area contributed by atoms with E-state index in [1.165, 1.54) is 21.1 Å². The van der Waals surface area contributed by atoms with E-state index in [0.29, 0.717) is 0 Å². The molecule has 0 N–H and O–H groups in total. The molecule has 0 radical (unpaired) electrons. The van der Waals surface area contributed by atoms with Crippen LogP contribution in [0.4, 0.5) is 0 Å². The van der Waals surface area contributed by atoms with Gasteiger partial charge >= 0.3 is 0 Å². The summed E-state index contributed by atoms with van der Waals surface area (Å²) in [7, 11) is -2.52. The van der Waals surface area contributed by atoms with Crippen LogP contribution < -0.4 is 15.6 Å². The van der Waals surface area contributed by atoms with Gasteiger partial charge in [0.1, 0.15) is 0 Å². The minimum atomic E-state index is -2.52. The van der Waals surface area contributed by atoms with Crippen LogP contribution in [0.5, 0.6) is 0 Å². The Labute approximate surface area is 186 Å². The van der Waals surface area contributed by atoms with Crippen LogP contribution in [0.1, 0.15) is 18.9 Å².